The van der Waals surface area contributed by atoms with E-state index in [0.29, 0.717) is 12.3 Å². The molecule has 1 aromatic carbocycles. The summed E-state index contributed by atoms with van der Waals surface area (Å²) in [6.07, 6.45) is 1.76. The Bertz CT molecular complexity index is 377. The maximum atomic E-state index is 12.0. The zero-order valence-electron chi connectivity index (χ0n) is 10.3. The highest BCUT2D eigenvalue weighted by molar-refractivity contribution is 5.81. The Morgan fingerprint density at radius 1 is 1.47 bits per heavy atom. The Morgan fingerprint density at radius 2 is 2.18 bits per heavy atom. The van der Waals surface area contributed by atoms with Crippen molar-refractivity contribution in [1.29, 1.82) is 0 Å². The van der Waals surface area contributed by atoms with Crippen molar-refractivity contribution < 1.29 is 4.79 Å². The van der Waals surface area contributed by atoms with E-state index in [2.05, 4.69) is 24.3 Å². The summed E-state index contributed by atoms with van der Waals surface area (Å²) in [4.78, 5) is 13.9. The highest BCUT2D eigenvalue weighted by atomic mass is 16.2. The largest absolute Gasteiger partial charge is 0.341 e. The summed E-state index contributed by atoms with van der Waals surface area (Å²) in [6.45, 7) is 3.61. The minimum atomic E-state index is -0.329. The van der Waals surface area contributed by atoms with Crippen LogP contribution in [0.5, 0.6) is 0 Å². The number of hydrogen-bond acceptors (Lipinski definition) is 2. The van der Waals surface area contributed by atoms with Crippen LogP contribution in [0.15, 0.2) is 30.3 Å². The lowest BCUT2D eigenvalue weighted by atomic mass is 9.99. The van der Waals surface area contributed by atoms with Gasteiger partial charge in [-0.2, -0.15) is 0 Å². The van der Waals surface area contributed by atoms with Crippen molar-refractivity contribution in [3.05, 3.63) is 35.9 Å². The monoisotopic (exact) mass is 232 g/mol. The number of nitrogens with zero attached hydrogens (tertiary/aromatic N) is 1. The van der Waals surface area contributed by atoms with E-state index in [1.165, 1.54) is 5.56 Å². The molecule has 1 aromatic rings. The quantitative estimate of drug-likeness (QED) is 0.863. The number of rotatable bonds is 3. The molecule has 0 spiro atoms. The Labute approximate surface area is 103 Å². The first kappa shape index (κ1) is 12.1. The van der Waals surface area contributed by atoms with Gasteiger partial charge in [0.2, 0.25) is 5.91 Å². The molecule has 0 aromatic heterocycles. The van der Waals surface area contributed by atoms with Crippen LogP contribution in [0.2, 0.25) is 0 Å². The summed E-state index contributed by atoms with van der Waals surface area (Å²) in [5.74, 6) is 0.579. The van der Waals surface area contributed by atoms with Gasteiger partial charge < -0.3 is 10.6 Å². The van der Waals surface area contributed by atoms with Crippen LogP contribution in [-0.4, -0.2) is 29.9 Å². The lowest BCUT2D eigenvalue weighted by Crippen LogP contribution is -2.42. The van der Waals surface area contributed by atoms with Gasteiger partial charge in [0.05, 0.1) is 6.04 Å². The summed E-state index contributed by atoms with van der Waals surface area (Å²) in [5.41, 5.74) is 7.12. The average Bonchev–Trinajstić information content (AvgIpc) is 2.87. The van der Waals surface area contributed by atoms with E-state index in [0.717, 1.165) is 19.5 Å². The van der Waals surface area contributed by atoms with E-state index in [9.17, 15) is 4.79 Å². The number of carbonyl (C=O) groups is 1. The van der Waals surface area contributed by atoms with E-state index >= 15 is 0 Å². The summed E-state index contributed by atoms with van der Waals surface area (Å²) < 4.78 is 0. The molecule has 1 heterocycles. The van der Waals surface area contributed by atoms with Crippen LogP contribution >= 0.6 is 0 Å². The first-order valence-corrected chi connectivity index (χ1v) is 6.31. The van der Waals surface area contributed by atoms with E-state index < -0.39 is 0 Å². The Hall–Kier alpha value is -1.35. The van der Waals surface area contributed by atoms with Gasteiger partial charge in [0.15, 0.2) is 0 Å². The van der Waals surface area contributed by atoms with E-state index in [4.69, 9.17) is 5.73 Å². The second kappa shape index (κ2) is 5.32. The summed E-state index contributed by atoms with van der Waals surface area (Å²) >= 11 is 0. The van der Waals surface area contributed by atoms with Gasteiger partial charge >= 0.3 is 0 Å². The predicted octanol–water partition coefficient (Wildman–Crippen LogP) is 1.74. The average molecular weight is 232 g/mol. The maximum absolute atomic E-state index is 12.0. The first-order valence-electron chi connectivity index (χ1n) is 6.31. The molecular weight excluding hydrogens is 212 g/mol. The van der Waals surface area contributed by atoms with Crippen LogP contribution < -0.4 is 5.73 Å². The zero-order valence-corrected chi connectivity index (χ0v) is 10.3. The maximum Gasteiger partial charge on any atom is 0.239 e. The van der Waals surface area contributed by atoms with Crippen LogP contribution in [0.4, 0.5) is 0 Å². The molecule has 1 saturated heterocycles. The van der Waals surface area contributed by atoms with Crippen molar-refractivity contribution >= 4 is 5.91 Å². The smallest absolute Gasteiger partial charge is 0.239 e. The normalized spacial score (nSPS) is 21.5. The fraction of sp³-hybridized carbons (Fsp3) is 0.500. The third kappa shape index (κ3) is 2.67. The molecule has 1 aliphatic rings. The molecule has 1 aliphatic heterocycles. The Kier molecular flexibility index (Phi) is 3.79. The number of nitrogens with two attached hydrogens (primary N) is 1. The zero-order chi connectivity index (χ0) is 12.3. The molecule has 0 aliphatic carbocycles. The second-order valence-corrected chi connectivity index (χ2v) is 4.70. The highest BCUT2D eigenvalue weighted by Crippen LogP contribution is 2.27. The standard InChI is InChI=1S/C14H20N2O/c1-2-13(15)14(17)16-9-8-12(10-16)11-6-4-3-5-7-11/h3-7,12-13H,2,8-10,15H2,1H3/t12?,13-/m0/s1. The number of likely N-dealkylation sites (tertiary alicyclic amines) is 1. The number of benzene rings is 1. The second-order valence-electron chi connectivity index (χ2n) is 4.70. The van der Waals surface area contributed by atoms with Crippen molar-refractivity contribution in [2.75, 3.05) is 13.1 Å². The third-order valence-corrected chi connectivity index (χ3v) is 3.53. The fourth-order valence-corrected chi connectivity index (χ4v) is 2.37. The summed E-state index contributed by atoms with van der Waals surface area (Å²) in [5, 5.41) is 0. The summed E-state index contributed by atoms with van der Waals surface area (Å²) in [7, 11) is 0. The SMILES string of the molecule is CC[C@H](N)C(=O)N1CCC(c2ccccc2)C1. The number of amides is 1. The number of hydrogen-bond donors (Lipinski definition) is 1. The van der Waals surface area contributed by atoms with Gasteiger partial charge in [-0.25, -0.2) is 0 Å². The lowest BCUT2D eigenvalue weighted by Gasteiger charge is -2.20. The number of carbonyl (C=O) groups excluding carboxylic acids is 1. The van der Waals surface area contributed by atoms with Gasteiger partial charge in [-0.05, 0) is 18.4 Å². The van der Waals surface area contributed by atoms with Crippen molar-refractivity contribution in [1.82, 2.24) is 4.90 Å². The molecule has 2 N–H and O–H groups in total. The predicted molar refractivity (Wildman–Crippen MR) is 68.6 cm³/mol. The molecule has 92 valence electrons. The van der Waals surface area contributed by atoms with E-state index in [1.807, 2.05) is 17.9 Å². The Balaban J connectivity index is 1.98. The fourth-order valence-electron chi connectivity index (χ4n) is 2.37. The highest BCUT2D eigenvalue weighted by Gasteiger charge is 2.29. The van der Waals surface area contributed by atoms with Gasteiger partial charge in [0.25, 0.3) is 0 Å². The van der Waals surface area contributed by atoms with Crippen molar-refractivity contribution in [3.8, 4) is 0 Å². The molecule has 3 heteroatoms. The van der Waals surface area contributed by atoms with Gasteiger partial charge in [-0.1, -0.05) is 37.3 Å². The molecule has 0 radical (unpaired) electrons. The van der Waals surface area contributed by atoms with E-state index in [-0.39, 0.29) is 11.9 Å². The topological polar surface area (TPSA) is 46.3 Å². The Morgan fingerprint density at radius 3 is 2.82 bits per heavy atom. The van der Waals surface area contributed by atoms with Gasteiger partial charge in [0, 0.05) is 19.0 Å². The molecule has 1 amide bonds. The van der Waals surface area contributed by atoms with Crippen molar-refractivity contribution in [2.45, 2.75) is 31.7 Å². The van der Waals surface area contributed by atoms with Gasteiger partial charge in [0.1, 0.15) is 0 Å². The van der Waals surface area contributed by atoms with Crippen LogP contribution in [0.25, 0.3) is 0 Å². The van der Waals surface area contributed by atoms with Crippen molar-refractivity contribution in [2.24, 2.45) is 5.73 Å². The molecule has 2 atom stereocenters. The van der Waals surface area contributed by atoms with E-state index in [1.54, 1.807) is 0 Å². The molecule has 17 heavy (non-hydrogen) atoms. The minimum absolute atomic E-state index is 0.103. The molecule has 1 fully saturated rings. The third-order valence-electron chi connectivity index (χ3n) is 3.53. The molecule has 3 nitrogen and oxygen atoms in total. The van der Waals surface area contributed by atoms with Crippen LogP contribution in [0.3, 0.4) is 0 Å². The lowest BCUT2D eigenvalue weighted by molar-refractivity contribution is -0.131. The molecule has 0 saturated carbocycles. The molecule has 1 unspecified atom stereocenters. The van der Waals surface area contributed by atoms with Crippen LogP contribution in [-0.2, 0) is 4.79 Å². The minimum Gasteiger partial charge on any atom is -0.341 e. The van der Waals surface area contributed by atoms with Gasteiger partial charge in [-0.3, -0.25) is 4.79 Å². The van der Waals surface area contributed by atoms with Crippen molar-refractivity contribution in [3.63, 3.8) is 0 Å². The molecule has 2 rings (SSSR count). The van der Waals surface area contributed by atoms with Crippen LogP contribution in [0, 0.1) is 0 Å². The molecular formula is C14H20N2O. The van der Waals surface area contributed by atoms with Crippen LogP contribution in [0.1, 0.15) is 31.2 Å². The molecule has 0 bridgehead atoms. The summed E-state index contributed by atoms with van der Waals surface area (Å²) in [6, 6.07) is 10.1. The first-order chi connectivity index (χ1) is 8.22. The van der Waals surface area contributed by atoms with Gasteiger partial charge in [-0.15, -0.1) is 0 Å².